The summed E-state index contributed by atoms with van der Waals surface area (Å²) in [6.07, 6.45) is -0.217. The molecule has 2 aromatic rings. The molecule has 22 heavy (non-hydrogen) atoms. The van der Waals surface area contributed by atoms with Gasteiger partial charge < -0.3 is 10.0 Å². The van der Waals surface area contributed by atoms with Gasteiger partial charge in [0.1, 0.15) is 5.82 Å². The Balaban J connectivity index is 1.96. The van der Waals surface area contributed by atoms with Crippen LogP contribution in [0.1, 0.15) is 33.9 Å². The molecule has 0 saturated heterocycles. The summed E-state index contributed by atoms with van der Waals surface area (Å²) in [5, 5.41) is 9.15. The fourth-order valence-electron chi connectivity index (χ4n) is 2.79. The van der Waals surface area contributed by atoms with Gasteiger partial charge in [0.25, 0.3) is 5.91 Å². The van der Waals surface area contributed by atoms with E-state index >= 15 is 0 Å². The van der Waals surface area contributed by atoms with Crippen molar-refractivity contribution in [2.24, 2.45) is 0 Å². The Morgan fingerprint density at radius 3 is 2.50 bits per heavy atom. The molecule has 3 rings (SSSR count). The lowest BCUT2D eigenvalue weighted by molar-refractivity contribution is -0.138. The molecule has 112 valence electrons. The molecule has 1 heterocycles. The van der Waals surface area contributed by atoms with Crippen LogP contribution >= 0.6 is 0 Å². The Morgan fingerprint density at radius 2 is 1.86 bits per heavy atom. The van der Waals surface area contributed by atoms with Crippen molar-refractivity contribution in [2.45, 2.75) is 19.0 Å². The molecule has 2 aromatic carbocycles. The van der Waals surface area contributed by atoms with E-state index in [-0.39, 0.29) is 12.3 Å². The maximum Gasteiger partial charge on any atom is 0.305 e. The van der Waals surface area contributed by atoms with Crippen molar-refractivity contribution < 1.29 is 19.1 Å². The second kappa shape index (κ2) is 5.60. The molecule has 0 aliphatic carbocycles. The van der Waals surface area contributed by atoms with Gasteiger partial charge in [-0.05, 0) is 29.3 Å². The molecule has 0 bridgehead atoms. The van der Waals surface area contributed by atoms with Gasteiger partial charge in [0.2, 0.25) is 0 Å². The molecule has 0 saturated carbocycles. The van der Waals surface area contributed by atoms with Crippen LogP contribution < -0.4 is 0 Å². The number of carbonyl (C=O) groups is 2. The maximum atomic E-state index is 13.1. The first-order valence-electron chi connectivity index (χ1n) is 6.92. The lowest BCUT2D eigenvalue weighted by Gasteiger charge is -2.27. The molecule has 0 spiro atoms. The smallest absolute Gasteiger partial charge is 0.305 e. The van der Waals surface area contributed by atoms with Crippen molar-refractivity contribution in [2.75, 3.05) is 0 Å². The highest BCUT2D eigenvalue weighted by Gasteiger charge is 2.34. The number of halogens is 1. The molecule has 0 fully saturated rings. The molecular formula is C17H14FNO3. The average molecular weight is 299 g/mol. The summed E-state index contributed by atoms with van der Waals surface area (Å²) in [5.41, 5.74) is 2.09. The molecule has 4 nitrogen and oxygen atoms in total. The van der Waals surface area contributed by atoms with E-state index < -0.39 is 17.8 Å². The molecule has 5 heteroatoms. The Labute approximate surface area is 126 Å². The van der Waals surface area contributed by atoms with E-state index in [1.54, 1.807) is 12.1 Å². The van der Waals surface area contributed by atoms with Gasteiger partial charge in [0.05, 0.1) is 12.5 Å². The number of hydrogen-bond acceptors (Lipinski definition) is 2. The Hall–Kier alpha value is -2.69. The van der Waals surface area contributed by atoms with Crippen molar-refractivity contribution >= 4 is 11.9 Å². The van der Waals surface area contributed by atoms with Gasteiger partial charge in [0, 0.05) is 12.1 Å². The highest BCUT2D eigenvalue weighted by atomic mass is 19.1. The van der Waals surface area contributed by atoms with Crippen LogP contribution in [0.5, 0.6) is 0 Å². The average Bonchev–Trinajstić information content (AvgIpc) is 2.83. The van der Waals surface area contributed by atoms with Gasteiger partial charge in [0.15, 0.2) is 0 Å². The number of rotatable bonds is 4. The lowest BCUT2D eigenvalue weighted by atomic mass is 10.0. The van der Waals surface area contributed by atoms with Gasteiger partial charge in [-0.3, -0.25) is 9.59 Å². The Bertz CT molecular complexity index is 727. The number of carbonyl (C=O) groups excluding carboxylic acids is 1. The number of amides is 1. The SMILES string of the molecule is O=C(O)C[C@@H](c1ccc(F)cc1)N1Cc2ccccc2C1=O. The molecule has 1 N–H and O–H groups in total. The highest BCUT2D eigenvalue weighted by molar-refractivity contribution is 5.98. The van der Waals surface area contributed by atoms with E-state index in [1.165, 1.54) is 29.2 Å². The van der Waals surface area contributed by atoms with E-state index in [0.717, 1.165) is 5.56 Å². The Kier molecular flexibility index (Phi) is 3.63. The first-order valence-corrected chi connectivity index (χ1v) is 6.92. The van der Waals surface area contributed by atoms with Crippen LogP contribution in [0.2, 0.25) is 0 Å². The number of aliphatic carboxylic acids is 1. The predicted octanol–water partition coefficient (Wildman–Crippen LogP) is 3.00. The van der Waals surface area contributed by atoms with Crippen LogP contribution in [-0.4, -0.2) is 21.9 Å². The van der Waals surface area contributed by atoms with E-state index in [2.05, 4.69) is 0 Å². The van der Waals surface area contributed by atoms with Crippen molar-refractivity contribution in [3.8, 4) is 0 Å². The first-order chi connectivity index (χ1) is 10.6. The van der Waals surface area contributed by atoms with Gasteiger partial charge >= 0.3 is 5.97 Å². The van der Waals surface area contributed by atoms with Crippen LogP contribution in [0.3, 0.4) is 0 Å². The number of benzene rings is 2. The normalized spacial score (nSPS) is 14.8. The quantitative estimate of drug-likeness (QED) is 0.944. The second-order valence-electron chi connectivity index (χ2n) is 5.26. The van der Waals surface area contributed by atoms with Crippen LogP contribution in [0.25, 0.3) is 0 Å². The summed E-state index contributed by atoms with van der Waals surface area (Å²) < 4.78 is 13.1. The minimum atomic E-state index is -1.00. The van der Waals surface area contributed by atoms with Gasteiger partial charge in [-0.25, -0.2) is 4.39 Å². The summed E-state index contributed by atoms with van der Waals surface area (Å²) in [6, 6.07) is 12.2. The molecular weight excluding hydrogens is 285 g/mol. The fourth-order valence-corrected chi connectivity index (χ4v) is 2.79. The summed E-state index contributed by atoms with van der Waals surface area (Å²) in [4.78, 5) is 25.2. The highest BCUT2D eigenvalue weighted by Crippen LogP contribution is 2.33. The minimum Gasteiger partial charge on any atom is -0.481 e. The third-order valence-electron chi connectivity index (χ3n) is 3.85. The number of carboxylic acids is 1. The van der Waals surface area contributed by atoms with E-state index in [4.69, 9.17) is 5.11 Å². The van der Waals surface area contributed by atoms with Gasteiger partial charge in [-0.15, -0.1) is 0 Å². The second-order valence-corrected chi connectivity index (χ2v) is 5.26. The summed E-state index contributed by atoms with van der Waals surface area (Å²) >= 11 is 0. The van der Waals surface area contributed by atoms with Gasteiger partial charge in [-0.2, -0.15) is 0 Å². The monoisotopic (exact) mass is 299 g/mol. The molecule has 1 amide bonds. The third kappa shape index (κ3) is 2.57. The van der Waals surface area contributed by atoms with Crippen molar-refractivity contribution in [3.05, 3.63) is 71.0 Å². The van der Waals surface area contributed by atoms with E-state index in [9.17, 15) is 14.0 Å². The number of fused-ring (bicyclic) bond motifs is 1. The van der Waals surface area contributed by atoms with E-state index in [1.807, 2.05) is 12.1 Å². The fraction of sp³-hybridized carbons (Fsp3) is 0.176. The third-order valence-corrected chi connectivity index (χ3v) is 3.85. The van der Waals surface area contributed by atoms with Crippen LogP contribution in [-0.2, 0) is 11.3 Å². The lowest BCUT2D eigenvalue weighted by Crippen LogP contribution is -2.30. The standard InChI is InChI=1S/C17H14FNO3/c18-13-7-5-11(6-8-13)15(9-16(20)21)19-10-12-3-1-2-4-14(12)17(19)22/h1-8,15H,9-10H2,(H,20,21)/t15-/m0/s1. The number of carboxylic acid groups (broad SMARTS) is 1. The molecule has 0 radical (unpaired) electrons. The molecule has 1 atom stereocenters. The van der Waals surface area contributed by atoms with Crippen molar-refractivity contribution in [3.63, 3.8) is 0 Å². The zero-order valence-electron chi connectivity index (χ0n) is 11.7. The van der Waals surface area contributed by atoms with Crippen LogP contribution in [0.15, 0.2) is 48.5 Å². The molecule has 1 aliphatic heterocycles. The maximum absolute atomic E-state index is 13.1. The molecule has 0 aromatic heterocycles. The van der Waals surface area contributed by atoms with E-state index in [0.29, 0.717) is 17.7 Å². The zero-order valence-corrected chi connectivity index (χ0v) is 11.7. The van der Waals surface area contributed by atoms with Crippen molar-refractivity contribution in [1.29, 1.82) is 0 Å². The zero-order chi connectivity index (χ0) is 15.7. The summed E-state index contributed by atoms with van der Waals surface area (Å²) in [7, 11) is 0. The summed E-state index contributed by atoms with van der Waals surface area (Å²) in [5.74, 6) is -1.59. The molecule has 1 aliphatic rings. The van der Waals surface area contributed by atoms with Crippen LogP contribution in [0, 0.1) is 5.82 Å². The van der Waals surface area contributed by atoms with Gasteiger partial charge in [-0.1, -0.05) is 30.3 Å². The predicted molar refractivity (Wildman–Crippen MR) is 77.7 cm³/mol. The number of nitrogens with zero attached hydrogens (tertiary/aromatic N) is 1. The topological polar surface area (TPSA) is 57.6 Å². The number of hydrogen-bond donors (Lipinski definition) is 1. The van der Waals surface area contributed by atoms with Crippen molar-refractivity contribution in [1.82, 2.24) is 4.90 Å². The Morgan fingerprint density at radius 1 is 1.18 bits per heavy atom. The first kappa shape index (κ1) is 14.3. The summed E-state index contributed by atoms with van der Waals surface area (Å²) in [6.45, 7) is 0.365. The minimum absolute atomic E-state index is 0.189. The van der Waals surface area contributed by atoms with Crippen LogP contribution in [0.4, 0.5) is 4.39 Å². The largest absolute Gasteiger partial charge is 0.481 e. The molecule has 0 unspecified atom stereocenters.